The minimum absolute atomic E-state index is 0.324. The zero-order valence-electron chi connectivity index (χ0n) is 11.3. The average molecular weight is 259 g/mol. The summed E-state index contributed by atoms with van der Waals surface area (Å²) in [5, 5.41) is 3.52. The van der Waals surface area contributed by atoms with Crippen molar-refractivity contribution in [2.75, 3.05) is 5.32 Å². The molecule has 2 aliphatic rings. The number of hydrogen-bond acceptors (Lipinski definition) is 3. The Labute approximate surface area is 113 Å². The van der Waals surface area contributed by atoms with Gasteiger partial charge in [-0.3, -0.25) is 9.78 Å². The number of amides is 1. The van der Waals surface area contributed by atoms with Gasteiger partial charge in [0.2, 0.25) is 0 Å². The van der Waals surface area contributed by atoms with Crippen molar-refractivity contribution in [2.45, 2.75) is 38.6 Å². The third kappa shape index (κ3) is 2.44. The summed E-state index contributed by atoms with van der Waals surface area (Å²) in [5.74, 6) is 2.14. The molecule has 4 unspecified atom stereocenters. The minimum Gasteiger partial charge on any atom is -0.382 e. The van der Waals surface area contributed by atoms with E-state index in [-0.39, 0.29) is 0 Å². The van der Waals surface area contributed by atoms with Crippen molar-refractivity contribution >= 4 is 11.6 Å². The van der Waals surface area contributed by atoms with Gasteiger partial charge in [0.1, 0.15) is 5.69 Å². The molecule has 0 aromatic carbocycles. The first-order valence-electron chi connectivity index (χ1n) is 7.16. The minimum atomic E-state index is -0.476. The predicted molar refractivity (Wildman–Crippen MR) is 74.8 cm³/mol. The molecule has 3 N–H and O–H groups in total. The summed E-state index contributed by atoms with van der Waals surface area (Å²) in [6.07, 6.45) is 7.22. The molecule has 4 heteroatoms. The van der Waals surface area contributed by atoms with Gasteiger partial charge in [-0.1, -0.05) is 6.42 Å². The quantitative estimate of drug-likeness (QED) is 0.872. The number of nitrogens with one attached hydrogen (secondary N) is 1. The van der Waals surface area contributed by atoms with Crippen molar-refractivity contribution in [3.63, 3.8) is 0 Å². The van der Waals surface area contributed by atoms with Crippen LogP contribution in [0.3, 0.4) is 0 Å². The molecule has 1 aromatic heterocycles. The summed E-state index contributed by atoms with van der Waals surface area (Å²) in [6, 6.07) is 4.08. The van der Waals surface area contributed by atoms with Gasteiger partial charge in [-0.05, 0) is 56.1 Å². The van der Waals surface area contributed by atoms with Gasteiger partial charge in [-0.2, -0.15) is 0 Å². The number of carbonyl (C=O) groups excluding carboxylic acids is 1. The fraction of sp³-hybridized carbons (Fsp3) is 0.600. The fourth-order valence-corrected chi connectivity index (χ4v) is 3.93. The molecule has 2 fully saturated rings. The van der Waals surface area contributed by atoms with Crippen molar-refractivity contribution < 1.29 is 4.79 Å². The highest BCUT2D eigenvalue weighted by molar-refractivity contribution is 5.91. The lowest BCUT2D eigenvalue weighted by molar-refractivity contribution is 0.0995. The number of fused-ring (bicyclic) bond motifs is 2. The van der Waals surface area contributed by atoms with E-state index in [0.717, 1.165) is 23.4 Å². The Kier molecular flexibility index (Phi) is 3.17. The molecule has 3 rings (SSSR count). The van der Waals surface area contributed by atoms with Crippen molar-refractivity contribution in [1.29, 1.82) is 0 Å². The molecule has 19 heavy (non-hydrogen) atoms. The molecular weight excluding hydrogens is 238 g/mol. The number of nitrogens with two attached hydrogens (primary N) is 1. The summed E-state index contributed by atoms with van der Waals surface area (Å²) >= 11 is 0. The number of hydrogen-bond donors (Lipinski definition) is 2. The lowest BCUT2D eigenvalue weighted by atomic mass is 9.84. The molecule has 1 aromatic rings. The van der Waals surface area contributed by atoms with Crippen LogP contribution in [0.1, 0.15) is 43.1 Å². The lowest BCUT2D eigenvalue weighted by Crippen LogP contribution is -2.30. The van der Waals surface area contributed by atoms with Gasteiger partial charge in [0.25, 0.3) is 5.91 Å². The van der Waals surface area contributed by atoms with Gasteiger partial charge in [0, 0.05) is 17.9 Å². The molecule has 0 aliphatic heterocycles. The molecule has 0 saturated heterocycles. The maximum absolute atomic E-state index is 11.1. The van der Waals surface area contributed by atoms with E-state index >= 15 is 0 Å². The van der Waals surface area contributed by atoms with Crippen LogP contribution in [0.5, 0.6) is 0 Å². The van der Waals surface area contributed by atoms with E-state index in [1.807, 2.05) is 6.07 Å². The fourth-order valence-electron chi connectivity index (χ4n) is 3.93. The predicted octanol–water partition coefficient (Wildman–Crippen LogP) is 2.42. The number of aromatic nitrogens is 1. The number of anilines is 1. The molecule has 0 spiro atoms. The molecule has 4 nitrogen and oxygen atoms in total. The molecular formula is C15H21N3O. The standard InChI is InChI=1S/C15H21N3O/c1-9(13-7-10-2-3-11(13)6-10)18-12-4-5-17-14(8-12)15(16)19/h4-5,8-11,13H,2-3,6-7H2,1H3,(H2,16,19)(H,17,18). The van der Waals surface area contributed by atoms with Crippen LogP contribution >= 0.6 is 0 Å². The highest BCUT2D eigenvalue weighted by Gasteiger charge is 2.41. The number of carbonyl (C=O) groups is 1. The number of pyridine rings is 1. The Bertz CT molecular complexity index is 488. The summed E-state index contributed by atoms with van der Waals surface area (Å²) < 4.78 is 0. The zero-order valence-corrected chi connectivity index (χ0v) is 11.3. The third-order valence-corrected chi connectivity index (χ3v) is 4.84. The van der Waals surface area contributed by atoms with Crippen LogP contribution in [0, 0.1) is 17.8 Å². The van der Waals surface area contributed by atoms with Crippen LogP contribution < -0.4 is 11.1 Å². The maximum atomic E-state index is 11.1. The van der Waals surface area contributed by atoms with Crippen LogP contribution in [-0.2, 0) is 0 Å². The van der Waals surface area contributed by atoms with Gasteiger partial charge in [0.05, 0.1) is 0 Å². The van der Waals surface area contributed by atoms with E-state index in [1.54, 1.807) is 12.3 Å². The summed E-state index contributed by atoms with van der Waals surface area (Å²) in [6.45, 7) is 2.25. The second-order valence-corrected chi connectivity index (χ2v) is 6.07. The zero-order chi connectivity index (χ0) is 13.4. The Morgan fingerprint density at radius 1 is 1.47 bits per heavy atom. The average Bonchev–Trinajstić information content (AvgIpc) is 3.01. The van der Waals surface area contributed by atoms with Gasteiger partial charge >= 0.3 is 0 Å². The highest BCUT2D eigenvalue weighted by atomic mass is 16.1. The first-order valence-corrected chi connectivity index (χ1v) is 7.16. The summed E-state index contributed by atoms with van der Waals surface area (Å²) in [4.78, 5) is 15.1. The molecule has 1 heterocycles. The molecule has 102 valence electrons. The van der Waals surface area contributed by atoms with Gasteiger partial charge in [-0.25, -0.2) is 0 Å². The largest absolute Gasteiger partial charge is 0.382 e. The molecule has 1 amide bonds. The molecule has 4 atom stereocenters. The molecule has 2 aliphatic carbocycles. The normalized spacial score (nSPS) is 30.3. The van der Waals surface area contributed by atoms with Crippen LogP contribution in [0.15, 0.2) is 18.3 Å². The van der Waals surface area contributed by atoms with Crippen LogP contribution in [-0.4, -0.2) is 16.9 Å². The van der Waals surface area contributed by atoms with E-state index in [9.17, 15) is 4.79 Å². The van der Waals surface area contributed by atoms with Crippen molar-refractivity contribution in [3.8, 4) is 0 Å². The second kappa shape index (κ2) is 4.83. The van der Waals surface area contributed by atoms with E-state index in [2.05, 4.69) is 17.2 Å². The van der Waals surface area contributed by atoms with Crippen molar-refractivity contribution in [2.24, 2.45) is 23.5 Å². The van der Waals surface area contributed by atoms with E-state index in [4.69, 9.17) is 5.73 Å². The first-order chi connectivity index (χ1) is 9.13. The van der Waals surface area contributed by atoms with E-state index in [0.29, 0.717) is 11.7 Å². The molecule has 2 bridgehead atoms. The van der Waals surface area contributed by atoms with Crippen LogP contribution in [0.25, 0.3) is 0 Å². The second-order valence-electron chi connectivity index (χ2n) is 6.07. The van der Waals surface area contributed by atoms with E-state index < -0.39 is 5.91 Å². The Balaban J connectivity index is 1.67. The van der Waals surface area contributed by atoms with Gasteiger partial charge < -0.3 is 11.1 Å². The smallest absolute Gasteiger partial charge is 0.267 e. The monoisotopic (exact) mass is 259 g/mol. The molecule has 0 radical (unpaired) electrons. The Morgan fingerprint density at radius 3 is 2.95 bits per heavy atom. The maximum Gasteiger partial charge on any atom is 0.267 e. The van der Waals surface area contributed by atoms with Gasteiger partial charge in [0.15, 0.2) is 0 Å². The number of primary amides is 1. The summed E-state index contributed by atoms with van der Waals surface area (Å²) in [5.41, 5.74) is 6.52. The lowest BCUT2D eigenvalue weighted by Gasteiger charge is -2.29. The summed E-state index contributed by atoms with van der Waals surface area (Å²) in [7, 11) is 0. The van der Waals surface area contributed by atoms with E-state index in [1.165, 1.54) is 25.7 Å². The highest BCUT2D eigenvalue weighted by Crippen LogP contribution is 2.49. The van der Waals surface area contributed by atoms with Gasteiger partial charge in [-0.15, -0.1) is 0 Å². The Morgan fingerprint density at radius 2 is 2.32 bits per heavy atom. The van der Waals surface area contributed by atoms with Crippen molar-refractivity contribution in [3.05, 3.63) is 24.0 Å². The SMILES string of the molecule is CC(Nc1ccnc(C(N)=O)c1)C1CC2CCC1C2. The van der Waals surface area contributed by atoms with Crippen LogP contribution in [0.4, 0.5) is 5.69 Å². The van der Waals surface area contributed by atoms with Crippen LogP contribution in [0.2, 0.25) is 0 Å². The Hall–Kier alpha value is -1.58. The third-order valence-electron chi connectivity index (χ3n) is 4.84. The van der Waals surface area contributed by atoms with Crippen molar-refractivity contribution in [1.82, 2.24) is 4.98 Å². The number of rotatable bonds is 4. The number of nitrogens with zero attached hydrogens (tertiary/aromatic N) is 1. The topological polar surface area (TPSA) is 68.0 Å². The first kappa shape index (κ1) is 12.5. The molecule has 2 saturated carbocycles.